The lowest BCUT2D eigenvalue weighted by atomic mass is 9.96. The molecule has 306 valence electrons. The molecule has 7 rings (SSSR count). The first-order chi connectivity index (χ1) is 27.2. The average Bonchev–Trinajstić information content (AvgIpc) is 3.88. The number of piperidine rings is 1. The number of imidazole rings is 1. The number of nitrogens with one attached hydrogen (secondary N) is 2. The molecule has 2 aliphatic rings. The molecule has 4 aromatic heterocycles. The number of amides is 3. The van der Waals surface area contributed by atoms with Crippen molar-refractivity contribution in [1.82, 2.24) is 43.7 Å². The molecule has 0 spiro atoms. The van der Waals surface area contributed by atoms with E-state index in [1.54, 1.807) is 76.9 Å². The third-order valence-corrected chi connectivity index (χ3v) is 10.8. The molecular weight excluding hydrogens is 750 g/mol. The predicted molar refractivity (Wildman–Crippen MR) is 205 cm³/mol. The van der Waals surface area contributed by atoms with Gasteiger partial charge in [0, 0.05) is 50.3 Å². The summed E-state index contributed by atoms with van der Waals surface area (Å²) in [6.45, 7) is 1.95. The van der Waals surface area contributed by atoms with Crippen LogP contribution in [0.15, 0.2) is 53.8 Å². The van der Waals surface area contributed by atoms with Gasteiger partial charge in [0.25, 0.3) is 18.3 Å². The number of anilines is 2. The van der Waals surface area contributed by atoms with Crippen LogP contribution in [0, 0.1) is 0 Å². The van der Waals surface area contributed by atoms with E-state index in [1.807, 2.05) is 6.92 Å². The smallest absolute Gasteiger partial charge is 0.329 e. The number of halogens is 4. The predicted octanol–water partition coefficient (Wildman–Crippen LogP) is 5.35. The van der Waals surface area contributed by atoms with Crippen LogP contribution in [-0.4, -0.2) is 95.8 Å². The summed E-state index contributed by atoms with van der Waals surface area (Å²) in [4.78, 5) is 54.7. The van der Waals surface area contributed by atoms with Crippen LogP contribution in [0.1, 0.15) is 92.9 Å². The molecule has 5 heterocycles. The Bertz CT molecular complexity index is 2280. The molecular formula is C38H47F4N11O4. The Morgan fingerprint density at radius 1 is 1.11 bits per heavy atom. The van der Waals surface area contributed by atoms with Crippen molar-refractivity contribution in [3.63, 3.8) is 0 Å². The van der Waals surface area contributed by atoms with Crippen LogP contribution in [0.5, 0.6) is 0 Å². The number of nitrogens with zero attached hydrogens (tertiary/aromatic N) is 9. The summed E-state index contributed by atoms with van der Waals surface area (Å²) in [6.07, 6.45) is 9.58. The number of benzene rings is 1. The van der Waals surface area contributed by atoms with Crippen molar-refractivity contribution in [1.29, 1.82) is 0 Å². The van der Waals surface area contributed by atoms with Gasteiger partial charge in [0.1, 0.15) is 5.56 Å². The quantitative estimate of drug-likeness (QED) is 0.133. The Kier molecular flexibility index (Phi) is 12.4. The van der Waals surface area contributed by atoms with Crippen molar-refractivity contribution in [2.24, 2.45) is 7.05 Å². The van der Waals surface area contributed by atoms with E-state index in [4.69, 9.17) is 0 Å². The van der Waals surface area contributed by atoms with Gasteiger partial charge in [-0.3, -0.25) is 33.5 Å². The van der Waals surface area contributed by atoms with Crippen LogP contribution in [0.4, 0.5) is 28.9 Å². The minimum Gasteiger partial charge on any atom is -0.365 e. The van der Waals surface area contributed by atoms with Crippen molar-refractivity contribution in [2.75, 3.05) is 37.4 Å². The van der Waals surface area contributed by atoms with E-state index in [-0.39, 0.29) is 42.0 Å². The maximum atomic E-state index is 14.6. The molecule has 1 saturated heterocycles. The summed E-state index contributed by atoms with van der Waals surface area (Å²) in [7, 11) is 4.98. The summed E-state index contributed by atoms with van der Waals surface area (Å²) in [6, 6.07) is 6.01. The van der Waals surface area contributed by atoms with Gasteiger partial charge in [-0.1, -0.05) is 19.3 Å². The topological polar surface area (TPSA) is 157 Å². The lowest BCUT2D eigenvalue weighted by Crippen LogP contribution is -2.56. The van der Waals surface area contributed by atoms with Gasteiger partial charge in [0.2, 0.25) is 12.3 Å². The molecule has 1 aliphatic heterocycles. The third kappa shape index (κ3) is 8.87. The van der Waals surface area contributed by atoms with Gasteiger partial charge in [-0.15, -0.1) is 0 Å². The molecule has 5 aromatic rings. The Labute approximate surface area is 325 Å². The Balaban J connectivity index is 0.000000195. The summed E-state index contributed by atoms with van der Waals surface area (Å²) < 4.78 is 62.2. The number of rotatable bonds is 11. The highest BCUT2D eigenvalue weighted by molar-refractivity contribution is 6.08. The molecule has 1 aliphatic carbocycles. The highest BCUT2D eigenvalue weighted by Crippen LogP contribution is 2.35. The SMILES string of the molecule is CC(CCC(=O)NC=O)n1c(=O)n(C)c2cc(N3CCC(N(C)C)C(F)(F)C3)ccc21.O=C(Nc1cn(C2CCCCC2)nc1C(F)F)c1cnn2cccnc12. The summed E-state index contributed by atoms with van der Waals surface area (Å²) in [5.41, 5.74) is 1.93. The van der Waals surface area contributed by atoms with Crippen LogP contribution < -0.4 is 21.2 Å². The highest BCUT2D eigenvalue weighted by atomic mass is 19.3. The van der Waals surface area contributed by atoms with Gasteiger partial charge < -0.3 is 15.1 Å². The number of imide groups is 1. The second kappa shape index (κ2) is 17.3. The van der Waals surface area contributed by atoms with Gasteiger partial charge in [-0.05, 0) is 71.0 Å². The largest absolute Gasteiger partial charge is 0.365 e. The number of carbonyl (C=O) groups is 3. The normalized spacial score (nSPS) is 17.8. The first-order valence-corrected chi connectivity index (χ1v) is 18.9. The van der Waals surface area contributed by atoms with Gasteiger partial charge in [0.05, 0.1) is 41.5 Å². The van der Waals surface area contributed by atoms with Crippen molar-refractivity contribution >= 4 is 46.3 Å². The number of hydrogen-bond acceptors (Lipinski definition) is 9. The second-order valence-electron chi connectivity index (χ2n) is 14.8. The molecule has 2 atom stereocenters. The van der Waals surface area contributed by atoms with Crippen LogP contribution in [-0.2, 0) is 16.6 Å². The van der Waals surface area contributed by atoms with Gasteiger partial charge in [-0.2, -0.15) is 10.2 Å². The van der Waals surface area contributed by atoms with Crippen molar-refractivity contribution in [2.45, 2.75) is 88.8 Å². The summed E-state index contributed by atoms with van der Waals surface area (Å²) in [5, 5.41) is 12.7. The number of carbonyl (C=O) groups excluding carboxylic acids is 3. The van der Waals surface area contributed by atoms with E-state index >= 15 is 0 Å². The highest BCUT2D eigenvalue weighted by Gasteiger charge is 2.46. The van der Waals surface area contributed by atoms with Crippen molar-refractivity contribution in [3.8, 4) is 0 Å². The van der Waals surface area contributed by atoms with Gasteiger partial charge in [-0.25, -0.2) is 31.9 Å². The maximum absolute atomic E-state index is 14.6. The molecule has 2 fully saturated rings. The van der Waals surface area contributed by atoms with Gasteiger partial charge >= 0.3 is 5.69 Å². The standard InChI is InChI=1S/C21H29F2N5O3.C17H18F2N6O/c1-14(5-8-19(30)24-13-29)28-16-7-6-15(11-17(16)26(4)20(28)31)27-10-9-18(25(2)3)21(22,23)12-27;18-15(19)14-13(10-25(23-14)11-5-2-1-3-6-11)22-17(26)12-9-21-24-8-4-7-20-16(12)24/h6-7,11,13-14,18H,5,8-10,12H2,1-4H3,(H,24,29,30);4,7-11,15H,1-3,5-6H2,(H,22,26). The molecule has 0 bridgehead atoms. The number of alkyl halides is 4. The van der Waals surface area contributed by atoms with Gasteiger partial charge in [0.15, 0.2) is 11.3 Å². The molecule has 0 radical (unpaired) electrons. The fraction of sp³-hybridized carbons (Fsp3) is 0.500. The molecule has 2 unspecified atom stereocenters. The van der Waals surface area contributed by atoms with E-state index in [0.717, 1.165) is 32.1 Å². The van der Waals surface area contributed by atoms with Crippen LogP contribution in [0.3, 0.4) is 0 Å². The zero-order chi connectivity index (χ0) is 41.0. The summed E-state index contributed by atoms with van der Waals surface area (Å²) >= 11 is 0. The number of hydrogen-bond donors (Lipinski definition) is 2. The van der Waals surface area contributed by atoms with Crippen LogP contribution >= 0.6 is 0 Å². The number of aryl methyl sites for hydroxylation is 1. The van der Waals surface area contributed by atoms with E-state index in [9.17, 15) is 36.7 Å². The molecule has 1 saturated carbocycles. The third-order valence-electron chi connectivity index (χ3n) is 10.8. The van der Waals surface area contributed by atoms with Crippen molar-refractivity contribution < 1.29 is 31.9 Å². The Morgan fingerprint density at radius 3 is 2.54 bits per heavy atom. The first-order valence-electron chi connectivity index (χ1n) is 18.9. The first kappa shape index (κ1) is 41.1. The lowest BCUT2D eigenvalue weighted by molar-refractivity contribution is -0.125. The summed E-state index contributed by atoms with van der Waals surface area (Å²) in [5.74, 6) is -3.78. The minimum absolute atomic E-state index is 0.0332. The fourth-order valence-electron chi connectivity index (χ4n) is 7.74. The number of fused-ring (bicyclic) bond motifs is 2. The molecule has 3 amide bonds. The number of aromatic nitrogens is 7. The van der Waals surface area contributed by atoms with E-state index < -0.39 is 35.9 Å². The zero-order valence-corrected chi connectivity index (χ0v) is 32.2. The zero-order valence-electron chi connectivity index (χ0n) is 32.2. The lowest BCUT2D eigenvalue weighted by Gasteiger charge is -2.42. The monoisotopic (exact) mass is 797 g/mol. The second-order valence-corrected chi connectivity index (χ2v) is 14.8. The van der Waals surface area contributed by atoms with E-state index in [1.165, 1.54) is 21.5 Å². The Hall–Kier alpha value is -5.59. The van der Waals surface area contributed by atoms with Crippen LogP contribution in [0.2, 0.25) is 0 Å². The molecule has 15 nitrogen and oxygen atoms in total. The Morgan fingerprint density at radius 2 is 1.86 bits per heavy atom. The fourth-order valence-corrected chi connectivity index (χ4v) is 7.74. The minimum atomic E-state index is -2.84. The van der Waals surface area contributed by atoms with Crippen molar-refractivity contribution in [3.05, 3.63) is 70.8 Å². The molecule has 19 heteroatoms. The molecule has 2 N–H and O–H groups in total. The van der Waals surface area contributed by atoms with E-state index in [0.29, 0.717) is 48.2 Å². The van der Waals surface area contributed by atoms with Crippen LogP contribution in [0.25, 0.3) is 16.7 Å². The average molecular weight is 798 g/mol. The van der Waals surface area contributed by atoms with E-state index in [2.05, 4.69) is 25.8 Å². The maximum Gasteiger partial charge on any atom is 0.329 e. The molecule has 1 aromatic carbocycles. The molecule has 57 heavy (non-hydrogen) atoms.